The summed E-state index contributed by atoms with van der Waals surface area (Å²) in [7, 11) is 0. The molecule has 0 spiro atoms. The molecule has 33 heavy (non-hydrogen) atoms. The SMILES string of the molecule is CC(C)[C@H](NC(=O)OC(C)(C)C)C(=O)C1C[C@H](C(F)(F)F)C[C@H]1C(=O)OCc1ccccc1. The van der Waals surface area contributed by atoms with Gasteiger partial charge in [0, 0.05) is 5.92 Å². The fourth-order valence-corrected chi connectivity index (χ4v) is 3.95. The minimum Gasteiger partial charge on any atom is -0.461 e. The lowest BCUT2D eigenvalue weighted by Crippen LogP contribution is -2.49. The first-order valence-corrected chi connectivity index (χ1v) is 11.0. The van der Waals surface area contributed by atoms with Crippen LogP contribution in [0.1, 0.15) is 53.0 Å². The van der Waals surface area contributed by atoms with Crippen molar-refractivity contribution in [3.05, 3.63) is 35.9 Å². The first kappa shape index (κ1) is 26.7. The van der Waals surface area contributed by atoms with Crippen LogP contribution in [-0.4, -0.2) is 35.7 Å². The maximum atomic E-state index is 13.5. The molecule has 4 atom stereocenters. The van der Waals surface area contributed by atoms with Gasteiger partial charge in [-0.25, -0.2) is 4.79 Å². The van der Waals surface area contributed by atoms with Crippen LogP contribution in [0.2, 0.25) is 0 Å². The number of ketones is 1. The number of halogens is 3. The van der Waals surface area contributed by atoms with Gasteiger partial charge in [-0.1, -0.05) is 44.2 Å². The number of esters is 1. The molecule has 1 aliphatic rings. The summed E-state index contributed by atoms with van der Waals surface area (Å²) >= 11 is 0. The Morgan fingerprint density at radius 1 is 1.03 bits per heavy atom. The Morgan fingerprint density at radius 3 is 2.12 bits per heavy atom. The van der Waals surface area contributed by atoms with E-state index in [1.165, 1.54) is 0 Å². The third kappa shape index (κ3) is 7.75. The van der Waals surface area contributed by atoms with Crippen molar-refractivity contribution in [1.82, 2.24) is 5.32 Å². The summed E-state index contributed by atoms with van der Waals surface area (Å²) < 4.78 is 50.9. The van der Waals surface area contributed by atoms with Gasteiger partial charge in [0.25, 0.3) is 0 Å². The summed E-state index contributed by atoms with van der Waals surface area (Å²) in [6, 6.07) is 7.64. The van der Waals surface area contributed by atoms with Crippen LogP contribution in [0.25, 0.3) is 0 Å². The van der Waals surface area contributed by atoms with Gasteiger partial charge in [-0.3, -0.25) is 9.59 Å². The number of alkyl halides is 3. The standard InChI is InChI=1S/C24H32F3NO5/c1-14(2)19(28-22(31)33-23(3,4)5)20(29)17-11-16(24(25,26)27)12-18(17)21(30)32-13-15-9-7-6-8-10-15/h6-10,14,16-19H,11-13H2,1-5H3,(H,28,31)/t16-,17?,18+,19-/m0/s1. The Morgan fingerprint density at radius 2 is 1.61 bits per heavy atom. The van der Waals surface area contributed by atoms with Crippen molar-refractivity contribution in [1.29, 1.82) is 0 Å². The smallest absolute Gasteiger partial charge is 0.408 e. The number of hydrogen-bond donors (Lipinski definition) is 1. The zero-order valence-electron chi connectivity index (χ0n) is 19.6. The summed E-state index contributed by atoms with van der Waals surface area (Å²) in [4.78, 5) is 38.3. The maximum absolute atomic E-state index is 13.5. The number of carbonyl (C=O) groups is 3. The Labute approximate surface area is 192 Å². The van der Waals surface area contributed by atoms with Gasteiger partial charge >= 0.3 is 18.2 Å². The molecule has 9 heteroatoms. The highest BCUT2D eigenvalue weighted by molar-refractivity contribution is 5.93. The zero-order chi connectivity index (χ0) is 25.0. The number of rotatable bonds is 7. The molecule has 1 amide bonds. The molecule has 1 aromatic carbocycles. The fraction of sp³-hybridized carbons (Fsp3) is 0.625. The van der Waals surface area contributed by atoms with Gasteiger partial charge in [0.2, 0.25) is 0 Å². The molecule has 1 N–H and O–H groups in total. The van der Waals surface area contributed by atoms with Crippen LogP contribution >= 0.6 is 0 Å². The van der Waals surface area contributed by atoms with E-state index in [1.807, 2.05) is 0 Å². The predicted molar refractivity (Wildman–Crippen MR) is 115 cm³/mol. The quantitative estimate of drug-likeness (QED) is 0.563. The van der Waals surface area contributed by atoms with Crippen LogP contribution in [0.15, 0.2) is 30.3 Å². The van der Waals surface area contributed by atoms with E-state index in [2.05, 4.69) is 5.32 Å². The number of hydrogen-bond acceptors (Lipinski definition) is 5. The van der Waals surface area contributed by atoms with E-state index >= 15 is 0 Å². The molecule has 0 heterocycles. The van der Waals surface area contributed by atoms with E-state index in [0.29, 0.717) is 5.56 Å². The summed E-state index contributed by atoms with van der Waals surface area (Å²) in [5, 5.41) is 2.48. The molecule has 6 nitrogen and oxygen atoms in total. The fourth-order valence-electron chi connectivity index (χ4n) is 3.95. The van der Waals surface area contributed by atoms with E-state index in [0.717, 1.165) is 0 Å². The maximum Gasteiger partial charge on any atom is 0.408 e. The topological polar surface area (TPSA) is 81.7 Å². The van der Waals surface area contributed by atoms with Gasteiger partial charge in [-0.15, -0.1) is 0 Å². The van der Waals surface area contributed by atoms with Crippen molar-refractivity contribution in [3.63, 3.8) is 0 Å². The van der Waals surface area contributed by atoms with Crippen molar-refractivity contribution in [2.24, 2.45) is 23.7 Å². The highest BCUT2D eigenvalue weighted by Gasteiger charge is 2.54. The highest BCUT2D eigenvalue weighted by Crippen LogP contribution is 2.46. The Hall–Kier alpha value is -2.58. The van der Waals surface area contributed by atoms with Crippen LogP contribution in [-0.2, 0) is 25.7 Å². The summed E-state index contributed by atoms with van der Waals surface area (Å²) in [6.07, 6.45) is -6.43. The number of ether oxygens (including phenoxy) is 2. The molecule has 1 aliphatic carbocycles. The van der Waals surface area contributed by atoms with E-state index in [4.69, 9.17) is 9.47 Å². The summed E-state index contributed by atoms with van der Waals surface area (Å²) in [6.45, 7) is 8.20. The number of carbonyl (C=O) groups excluding carboxylic acids is 3. The molecule has 0 aromatic heterocycles. The van der Waals surface area contributed by atoms with Crippen molar-refractivity contribution >= 4 is 17.8 Å². The second kappa shape index (κ2) is 10.6. The lowest BCUT2D eigenvalue weighted by Gasteiger charge is -2.28. The number of benzene rings is 1. The third-order valence-electron chi connectivity index (χ3n) is 5.56. The number of amides is 1. The normalized spacial score (nSPS) is 22.0. The number of alkyl carbamates (subject to hydrolysis) is 1. The first-order chi connectivity index (χ1) is 15.2. The van der Waals surface area contributed by atoms with Crippen LogP contribution in [0.5, 0.6) is 0 Å². The van der Waals surface area contributed by atoms with Gasteiger partial charge in [0.1, 0.15) is 12.2 Å². The molecule has 1 fully saturated rings. The van der Waals surface area contributed by atoms with E-state index in [1.54, 1.807) is 65.0 Å². The lowest BCUT2D eigenvalue weighted by molar-refractivity contribution is -0.174. The second-order valence-corrected chi connectivity index (χ2v) is 9.79. The van der Waals surface area contributed by atoms with Gasteiger partial charge in [-0.2, -0.15) is 13.2 Å². The van der Waals surface area contributed by atoms with Crippen LogP contribution < -0.4 is 5.32 Å². The van der Waals surface area contributed by atoms with Gasteiger partial charge < -0.3 is 14.8 Å². The van der Waals surface area contributed by atoms with Crippen molar-refractivity contribution in [2.75, 3.05) is 0 Å². The van der Waals surface area contributed by atoms with Gasteiger partial charge in [0.15, 0.2) is 5.78 Å². The molecule has 2 rings (SSSR count). The van der Waals surface area contributed by atoms with Crippen molar-refractivity contribution in [2.45, 2.75) is 71.9 Å². The molecular formula is C24H32F3NO5. The monoisotopic (exact) mass is 471 g/mol. The molecule has 0 saturated heterocycles. The average Bonchev–Trinajstić information content (AvgIpc) is 3.15. The minimum atomic E-state index is -4.54. The largest absolute Gasteiger partial charge is 0.461 e. The lowest BCUT2D eigenvalue weighted by atomic mass is 9.84. The average molecular weight is 472 g/mol. The molecule has 0 aliphatic heterocycles. The molecule has 184 valence electrons. The van der Waals surface area contributed by atoms with E-state index in [9.17, 15) is 27.6 Å². The van der Waals surface area contributed by atoms with Crippen LogP contribution in [0.3, 0.4) is 0 Å². The summed E-state index contributed by atoms with van der Waals surface area (Å²) in [5.74, 6) is -6.14. The van der Waals surface area contributed by atoms with Gasteiger partial charge in [-0.05, 0) is 45.1 Å². The predicted octanol–water partition coefficient (Wildman–Crippen LogP) is 5.05. The van der Waals surface area contributed by atoms with Crippen molar-refractivity contribution < 1.29 is 37.0 Å². The minimum absolute atomic E-state index is 0.0997. The third-order valence-corrected chi connectivity index (χ3v) is 5.56. The number of Topliss-reactive ketones (excluding diaryl/α,β-unsaturated/α-hetero) is 1. The first-order valence-electron chi connectivity index (χ1n) is 11.0. The second-order valence-electron chi connectivity index (χ2n) is 9.79. The Balaban J connectivity index is 2.20. The molecule has 1 unspecified atom stereocenters. The van der Waals surface area contributed by atoms with E-state index < -0.39 is 72.2 Å². The molecule has 0 radical (unpaired) electrons. The van der Waals surface area contributed by atoms with Gasteiger partial charge in [0.05, 0.1) is 17.9 Å². The molecule has 1 aromatic rings. The number of nitrogens with one attached hydrogen (secondary N) is 1. The molecule has 1 saturated carbocycles. The van der Waals surface area contributed by atoms with Crippen LogP contribution in [0.4, 0.5) is 18.0 Å². The van der Waals surface area contributed by atoms with Crippen LogP contribution in [0, 0.1) is 23.7 Å². The van der Waals surface area contributed by atoms with Crippen molar-refractivity contribution in [3.8, 4) is 0 Å². The Kier molecular flexibility index (Phi) is 8.54. The zero-order valence-corrected chi connectivity index (χ0v) is 19.6. The molecular weight excluding hydrogens is 439 g/mol. The Bertz CT molecular complexity index is 833. The molecule has 0 bridgehead atoms. The highest BCUT2D eigenvalue weighted by atomic mass is 19.4. The summed E-state index contributed by atoms with van der Waals surface area (Å²) in [5.41, 5.74) is -0.126. The van der Waals surface area contributed by atoms with E-state index in [-0.39, 0.29) is 6.61 Å².